The van der Waals surface area contributed by atoms with Crippen LogP contribution in [0.2, 0.25) is 0 Å². The molecule has 2 heterocycles. The molecule has 2 aliphatic rings. The molecule has 0 saturated carbocycles. The van der Waals surface area contributed by atoms with Crippen LogP contribution in [0.25, 0.3) is 0 Å². The van der Waals surface area contributed by atoms with E-state index in [9.17, 15) is 4.79 Å². The number of anilines is 2. The van der Waals surface area contributed by atoms with Gasteiger partial charge < -0.3 is 20.4 Å². The Morgan fingerprint density at radius 3 is 2.72 bits per heavy atom. The Morgan fingerprint density at radius 1 is 1.10 bits per heavy atom. The monoisotopic (exact) mass is 391 g/mol. The summed E-state index contributed by atoms with van der Waals surface area (Å²) in [5, 5.41) is 6.68. The van der Waals surface area contributed by atoms with Crippen LogP contribution in [0.15, 0.2) is 59.6 Å². The third-order valence-corrected chi connectivity index (χ3v) is 5.69. The number of fused-ring (bicyclic) bond motifs is 1. The Kier molecular flexibility index (Phi) is 5.98. The summed E-state index contributed by atoms with van der Waals surface area (Å²) in [4.78, 5) is 21.4. The molecule has 1 amide bonds. The van der Waals surface area contributed by atoms with E-state index in [1.54, 1.807) is 7.05 Å². The van der Waals surface area contributed by atoms with Crippen molar-refractivity contribution >= 4 is 23.2 Å². The lowest BCUT2D eigenvalue weighted by molar-refractivity contribution is -0.117. The number of hydrogen-bond donors (Lipinski definition) is 2. The third kappa shape index (κ3) is 4.53. The summed E-state index contributed by atoms with van der Waals surface area (Å²) in [6, 6.07) is 19.0. The van der Waals surface area contributed by atoms with Crippen LogP contribution in [0, 0.1) is 0 Å². The number of rotatable bonds is 4. The van der Waals surface area contributed by atoms with Gasteiger partial charge in [0, 0.05) is 44.1 Å². The SMILES string of the molecule is CN=C(NCC(=O)N1CCCc2ccccc21)NC1CCN(c2ccccc2)C1. The molecule has 4 rings (SSSR count). The number of carbonyl (C=O) groups excluding carboxylic acids is 1. The maximum absolute atomic E-state index is 12.8. The smallest absolute Gasteiger partial charge is 0.246 e. The van der Waals surface area contributed by atoms with Crippen LogP contribution in [-0.4, -0.2) is 51.1 Å². The van der Waals surface area contributed by atoms with Gasteiger partial charge in [-0.25, -0.2) is 0 Å². The van der Waals surface area contributed by atoms with Crippen molar-refractivity contribution < 1.29 is 4.79 Å². The molecule has 29 heavy (non-hydrogen) atoms. The van der Waals surface area contributed by atoms with Crippen molar-refractivity contribution in [3.63, 3.8) is 0 Å². The molecule has 6 nitrogen and oxygen atoms in total. The highest BCUT2D eigenvalue weighted by Crippen LogP contribution is 2.26. The van der Waals surface area contributed by atoms with Gasteiger partial charge in [0.15, 0.2) is 5.96 Å². The van der Waals surface area contributed by atoms with Crippen molar-refractivity contribution in [2.45, 2.75) is 25.3 Å². The Balaban J connectivity index is 1.30. The summed E-state index contributed by atoms with van der Waals surface area (Å²) in [6.07, 6.45) is 3.09. The molecule has 1 atom stereocenters. The molecule has 2 N–H and O–H groups in total. The van der Waals surface area contributed by atoms with Crippen LogP contribution >= 0.6 is 0 Å². The summed E-state index contributed by atoms with van der Waals surface area (Å²) in [5.41, 5.74) is 3.54. The van der Waals surface area contributed by atoms with E-state index in [1.807, 2.05) is 29.2 Å². The van der Waals surface area contributed by atoms with E-state index in [0.717, 1.165) is 44.6 Å². The lowest BCUT2D eigenvalue weighted by Gasteiger charge is -2.30. The fourth-order valence-corrected chi connectivity index (χ4v) is 4.19. The molecule has 6 heteroatoms. The van der Waals surface area contributed by atoms with E-state index in [0.29, 0.717) is 12.0 Å². The number of nitrogens with zero attached hydrogens (tertiary/aromatic N) is 3. The average molecular weight is 392 g/mol. The number of aliphatic imine (C=N–C) groups is 1. The highest BCUT2D eigenvalue weighted by Gasteiger charge is 2.25. The number of amides is 1. The second kappa shape index (κ2) is 8.99. The quantitative estimate of drug-likeness (QED) is 0.621. The van der Waals surface area contributed by atoms with Crippen LogP contribution in [0.5, 0.6) is 0 Å². The fraction of sp³-hybridized carbons (Fsp3) is 0.391. The van der Waals surface area contributed by atoms with Crippen molar-refractivity contribution in [3.05, 3.63) is 60.2 Å². The average Bonchev–Trinajstić information content (AvgIpc) is 3.25. The van der Waals surface area contributed by atoms with Crippen LogP contribution in [0.4, 0.5) is 11.4 Å². The zero-order valence-corrected chi connectivity index (χ0v) is 17.0. The predicted octanol–water partition coefficient (Wildman–Crippen LogP) is 2.41. The molecule has 2 aromatic rings. The van der Waals surface area contributed by atoms with Crippen molar-refractivity contribution in [2.75, 3.05) is 43.0 Å². The van der Waals surface area contributed by atoms with Gasteiger partial charge >= 0.3 is 0 Å². The van der Waals surface area contributed by atoms with Gasteiger partial charge in [-0.15, -0.1) is 0 Å². The number of para-hydroxylation sites is 2. The summed E-state index contributed by atoms with van der Waals surface area (Å²) >= 11 is 0. The number of hydrogen-bond acceptors (Lipinski definition) is 3. The molecule has 1 saturated heterocycles. The summed E-state index contributed by atoms with van der Waals surface area (Å²) in [5.74, 6) is 0.765. The lowest BCUT2D eigenvalue weighted by atomic mass is 10.0. The first-order valence-electron chi connectivity index (χ1n) is 10.4. The molecule has 1 fully saturated rings. The van der Waals surface area contributed by atoms with Gasteiger partial charge in [-0.2, -0.15) is 0 Å². The van der Waals surface area contributed by atoms with Gasteiger partial charge in [0.25, 0.3) is 0 Å². The maximum Gasteiger partial charge on any atom is 0.246 e. The van der Waals surface area contributed by atoms with Crippen molar-refractivity contribution in [3.8, 4) is 0 Å². The Morgan fingerprint density at radius 2 is 1.90 bits per heavy atom. The van der Waals surface area contributed by atoms with Gasteiger partial charge in [0.1, 0.15) is 0 Å². The second-order valence-electron chi connectivity index (χ2n) is 7.61. The van der Waals surface area contributed by atoms with Crippen LogP contribution in [0.3, 0.4) is 0 Å². The first-order valence-corrected chi connectivity index (χ1v) is 10.4. The van der Waals surface area contributed by atoms with Gasteiger partial charge in [0.2, 0.25) is 5.91 Å². The highest BCUT2D eigenvalue weighted by molar-refractivity contribution is 5.98. The van der Waals surface area contributed by atoms with Crippen LogP contribution in [0.1, 0.15) is 18.4 Å². The van der Waals surface area contributed by atoms with E-state index >= 15 is 0 Å². The Hall–Kier alpha value is -3.02. The van der Waals surface area contributed by atoms with Crippen molar-refractivity contribution in [1.82, 2.24) is 10.6 Å². The van der Waals surface area contributed by atoms with Gasteiger partial charge in [0.05, 0.1) is 6.54 Å². The molecule has 0 aromatic heterocycles. The Bertz CT molecular complexity index is 867. The molecule has 0 aliphatic carbocycles. The molecular formula is C23H29N5O. The minimum atomic E-state index is 0.0810. The largest absolute Gasteiger partial charge is 0.369 e. The number of carbonyl (C=O) groups is 1. The Labute approximate surface area is 172 Å². The highest BCUT2D eigenvalue weighted by atomic mass is 16.2. The van der Waals surface area contributed by atoms with E-state index in [4.69, 9.17) is 0 Å². The number of guanidine groups is 1. The summed E-state index contributed by atoms with van der Waals surface area (Å²) in [7, 11) is 1.75. The third-order valence-electron chi connectivity index (χ3n) is 5.69. The van der Waals surface area contributed by atoms with Gasteiger partial charge in [-0.1, -0.05) is 36.4 Å². The molecular weight excluding hydrogens is 362 g/mol. The molecule has 1 unspecified atom stereocenters. The summed E-state index contributed by atoms with van der Waals surface area (Å²) < 4.78 is 0. The number of benzene rings is 2. The minimum Gasteiger partial charge on any atom is -0.369 e. The van der Waals surface area contributed by atoms with Crippen molar-refractivity contribution in [1.29, 1.82) is 0 Å². The normalized spacial score (nSPS) is 19.1. The lowest BCUT2D eigenvalue weighted by Crippen LogP contribution is -2.49. The maximum atomic E-state index is 12.8. The molecule has 0 radical (unpaired) electrons. The zero-order chi connectivity index (χ0) is 20.1. The summed E-state index contributed by atoms with van der Waals surface area (Å²) in [6.45, 7) is 2.96. The predicted molar refractivity (Wildman–Crippen MR) is 119 cm³/mol. The van der Waals surface area contributed by atoms with E-state index in [-0.39, 0.29) is 12.5 Å². The zero-order valence-electron chi connectivity index (χ0n) is 17.0. The molecule has 2 aliphatic heterocycles. The topological polar surface area (TPSA) is 60.0 Å². The second-order valence-corrected chi connectivity index (χ2v) is 7.61. The fourth-order valence-electron chi connectivity index (χ4n) is 4.19. The van der Waals surface area contributed by atoms with E-state index in [1.165, 1.54) is 11.3 Å². The number of nitrogens with one attached hydrogen (secondary N) is 2. The van der Waals surface area contributed by atoms with Crippen LogP contribution in [-0.2, 0) is 11.2 Å². The van der Waals surface area contributed by atoms with E-state index < -0.39 is 0 Å². The van der Waals surface area contributed by atoms with Gasteiger partial charge in [-0.3, -0.25) is 9.79 Å². The van der Waals surface area contributed by atoms with E-state index in [2.05, 4.69) is 50.9 Å². The first kappa shape index (κ1) is 19.3. The molecule has 0 bridgehead atoms. The molecule has 2 aromatic carbocycles. The number of aryl methyl sites for hydroxylation is 1. The van der Waals surface area contributed by atoms with Crippen molar-refractivity contribution in [2.24, 2.45) is 4.99 Å². The van der Waals surface area contributed by atoms with Crippen LogP contribution < -0.4 is 20.4 Å². The minimum absolute atomic E-state index is 0.0810. The molecule has 152 valence electrons. The molecule has 0 spiro atoms. The standard InChI is InChI=1S/C23H29N5O/c1-24-23(26-19-13-15-27(17-19)20-10-3-2-4-11-20)25-16-22(29)28-14-7-9-18-8-5-6-12-21(18)28/h2-6,8,10-12,19H,7,9,13-17H2,1H3,(H2,24,25,26). The van der Waals surface area contributed by atoms with Gasteiger partial charge in [-0.05, 0) is 43.0 Å². The first-order chi connectivity index (χ1) is 14.2.